The van der Waals surface area contributed by atoms with Gasteiger partial charge in [-0.3, -0.25) is 19.2 Å². The molecule has 1 atom stereocenters. The van der Waals surface area contributed by atoms with Crippen LogP contribution < -0.4 is 21.7 Å². The Labute approximate surface area is 143 Å². The number of aromatic hydroxyl groups is 1. The van der Waals surface area contributed by atoms with Crippen molar-refractivity contribution in [1.82, 2.24) is 16.0 Å². The van der Waals surface area contributed by atoms with Gasteiger partial charge in [-0.25, -0.2) is 0 Å². The van der Waals surface area contributed by atoms with Crippen molar-refractivity contribution in [2.24, 2.45) is 5.73 Å². The molecule has 1 unspecified atom stereocenters. The molecule has 7 N–H and O–H groups in total. The van der Waals surface area contributed by atoms with E-state index in [4.69, 9.17) is 10.8 Å². The summed E-state index contributed by atoms with van der Waals surface area (Å²) < 4.78 is 0. The number of hydrogen-bond donors (Lipinski definition) is 6. The molecule has 1 aromatic carbocycles. The summed E-state index contributed by atoms with van der Waals surface area (Å²) in [4.78, 5) is 44.8. The van der Waals surface area contributed by atoms with Crippen LogP contribution in [0.3, 0.4) is 0 Å². The minimum Gasteiger partial charge on any atom is -0.508 e. The highest BCUT2D eigenvalue weighted by Crippen LogP contribution is 2.10. The molecule has 0 spiro atoms. The molecule has 0 aromatic heterocycles. The molecule has 10 nitrogen and oxygen atoms in total. The smallest absolute Gasteiger partial charge is 0.322 e. The lowest BCUT2D eigenvalue weighted by Crippen LogP contribution is -2.47. The zero-order chi connectivity index (χ0) is 18.8. The molecule has 0 bridgehead atoms. The van der Waals surface area contributed by atoms with Crippen LogP contribution in [0.15, 0.2) is 24.3 Å². The Bertz CT molecular complexity index is 631. The number of phenolic OH excluding ortho intramolecular Hbond substituents is 1. The van der Waals surface area contributed by atoms with Crippen LogP contribution in [0.4, 0.5) is 0 Å². The Morgan fingerprint density at radius 3 is 2.00 bits per heavy atom. The molecule has 3 amide bonds. The van der Waals surface area contributed by atoms with E-state index in [9.17, 15) is 24.3 Å². The number of nitrogens with one attached hydrogen (secondary N) is 3. The summed E-state index contributed by atoms with van der Waals surface area (Å²) in [6.07, 6.45) is 0.228. The molecule has 1 rings (SSSR count). The summed E-state index contributed by atoms with van der Waals surface area (Å²) >= 11 is 0. The van der Waals surface area contributed by atoms with E-state index in [2.05, 4.69) is 16.0 Å². The Hall–Kier alpha value is -3.14. The van der Waals surface area contributed by atoms with Gasteiger partial charge < -0.3 is 31.9 Å². The van der Waals surface area contributed by atoms with Crippen LogP contribution in [0.1, 0.15) is 5.56 Å². The van der Waals surface area contributed by atoms with Gasteiger partial charge in [-0.15, -0.1) is 0 Å². The van der Waals surface area contributed by atoms with Gasteiger partial charge in [-0.2, -0.15) is 0 Å². The lowest BCUT2D eigenvalue weighted by molar-refractivity contribution is -0.137. The monoisotopic (exact) mass is 352 g/mol. The van der Waals surface area contributed by atoms with Gasteiger partial charge in [0.25, 0.3) is 0 Å². The lowest BCUT2D eigenvalue weighted by atomic mass is 10.1. The van der Waals surface area contributed by atoms with Crippen molar-refractivity contribution < 1.29 is 29.4 Å². The summed E-state index contributed by atoms with van der Waals surface area (Å²) in [6, 6.07) is 5.33. The molecule has 10 heteroatoms. The lowest BCUT2D eigenvalue weighted by Gasteiger charge is -2.12. The fourth-order valence-electron chi connectivity index (χ4n) is 1.76. The number of benzene rings is 1. The highest BCUT2D eigenvalue weighted by Gasteiger charge is 2.15. The third-order valence-corrected chi connectivity index (χ3v) is 3.03. The molecule has 136 valence electrons. The quantitative estimate of drug-likeness (QED) is 0.290. The maximum Gasteiger partial charge on any atom is 0.322 e. The fourth-order valence-corrected chi connectivity index (χ4v) is 1.76. The van der Waals surface area contributed by atoms with E-state index in [1.54, 1.807) is 12.1 Å². The first-order chi connectivity index (χ1) is 11.8. The zero-order valence-electron chi connectivity index (χ0n) is 13.3. The molecule has 25 heavy (non-hydrogen) atoms. The molecular weight excluding hydrogens is 332 g/mol. The summed E-state index contributed by atoms with van der Waals surface area (Å²) in [5.41, 5.74) is 6.49. The topological polar surface area (TPSA) is 171 Å². The van der Waals surface area contributed by atoms with Crippen molar-refractivity contribution in [2.45, 2.75) is 12.5 Å². The van der Waals surface area contributed by atoms with E-state index < -0.39 is 42.8 Å². The Morgan fingerprint density at radius 2 is 1.44 bits per heavy atom. The van der Waals surface area contributed by atoms with Crippen molar-refractivity contribution in [3.63, 3.8) is 0 Å². The van der Waals surface area contributed by atoms with Crippen LogP contribution in [-0.2, 0) is 25.6 Å². The third-order valence-electron chi connectivity index (χ3n) is 3.03. The average molecular weight is 352 g/mol. The van der Waals surface area contributed by atoms with Gasteiger partial charge in [0.2, 0.25) is 17.7 Å². The molecule has 0 aliphatic carbocycles. The largest absolute Gasteiger partial charge is 0.508 e. The van der Waals surface area contributed by atoms with E-state index in [0.29, 0.717) is 0 Å². The van der Waals surface area contributed by atoms with Gasteiger partial charge >= 0.3 is 5.97 Å². The summed E-state index contributed by atoms with van der Waals surface area (Å²) in [5.74, 6) is -2.92. The van der Waals surface area contributed by atoms with Crippen molar-refractivity contribution in [3.8, 4) is 5.75 Å². The number of phenols is 1. The van der Waals surface area contributed by atoms with Gasteiger partial charge in [-0.1, -0.05) is 12.1 Å². The molecular formula is C15H20N4O6. The average Bonchev–Trinajstić information content (AvgIpc) is 2.57. The van der Waals surface area contributed by atoms with E-state index in [1.165, 1.54) is 12.1 Å². The Balaban J connectivity index is 2.27. The molecule has 1 aromatic rings. The molecule has 0 radical (unpaired) electrons. The van der Waals surface area contributed by atoms with Gasteiger partial charge in [0.05, 0.1) is 19.1 Å². The van der Waals surface area contributed by atoms with Crippen LogP contribution in [-0.4, -0.2) is 59.6 Å². The Kier molecular flexibility index (Phi) is 7.87. The van der Waals surface area contributed by atoms with Crippen LogP contribution in [0.5, 0.6) is 5.75 Å². The number of carbonyl (C=O) groups is 4. The second-order valence-corrected chi connectivity index (χ2v) is 5.14. The molecule has 0 fully saturated rings. The van der Waals surface area contributed by atoms with Crippen LogP contribution in [0.2, 0.25) is 0 Å². The standard InChI is InChI=1S/C15H20N4O6/c16-11(5-9-1-3-10(20)4-2-9)15(25)19-7-13(22)17-6-12(21)18-8-14(23)24/h1-4,11,20H,5-8,16H2,(H,17,22)(H,18,21)(H,19,25)(H,23,24). The maximum atomic E-state index is 11.8. The molecule has 0 saturated carbocycles. The number of nitrogens with two attached hydrogens (primary N) is 1. The predicted octanol–water partition coefficient (Wildman–Crippen LogP) is -2.30. The van der Waals surface area contributed by atoms with E-state index in [1.807, 2.05) is 0 Å². The molecule has 0 heterocycles. The highest BCUT2D eigenvalue weighted by molar-refractivity contribution is 5.90. The van der Waals surface area contributed by atoms with Crippen molar-refractivity contribution >= 4 is 23.7 Å². The van der Waals surface area contributed by atoms with Crippen molar-refractivity contribution in [1.29, 1.82) is 0 Å². The third kappa shape index (κ3) is 8.32. The van der Waals surface area contributed by atoms with Crippen LogP contribution >= 0.6 is 0 Å². The Morgan fingerprint density at radius 1 is 0.920 bits per heavy atom. The van der Waals surface area contributed by atoms with Crippen LogP contribution in [0.25, 0.3) is 0 Å². The molecule has 0 saturated heterocycles. The fraction of sp³-hybridized carbons (Fsp3) is 0.333. The second kappa shape index (κ2) is 9.88. The first-order valence-electron chi connectivity index (χ1n) is 7.34. The van der Waals surface area contributed by atoms with E-state index >= 15 is 0 Å². The number of amides is 3. The molecule has 0 aliphatic heterocycles. The van der Waals surface area contributed by atoms with Gasteiger partial charge in [-0.05, 0) is 24.1 Å². The van der Waals surface area contributed by atoms with Gasteiger partial charge in [0.15, 0.2) is 0 Å². The van der Waals surface area contributed by atoms with Gasteiger partial charge in [0.1, 0.15) is 12.3 Å². The number of carbonyl (C=O) groups excluding carboxylic acids is 3. The number of aliphatic carboxylic acids is 1. The SMILES string of the molecule is NC(Cc1ccc(O)cc1)C(=O)NCC(=O)NCC(=O)NCC(=O)O. The summed E-state index contributed by atoms with van der Waals surface area (Å²) in [6.45, 7) is -1.31. The first kappa shape index (κ1) is 19.9. The minimum atomic E-state index is -1.20. The minimum absolute atomic E-state index is 0.103. The maximum absolute atomic E-state index is 11.8. The first-order valence-corrected chi connectivity index (χ1v) is 7.34. The second-order valence-electron chi connectivity index (χ2n) is 5.14. The predicted molar refractivity (Wildman–Crippen MR) is 86.5 cm³/mol. The molecule has 0 aliphatic rings. The normalized spacial score (nSPS) is 11.2. The summed E-state index contributed by atoms with van der Waals surface area (Å²) in [7, 11) is 0. The van der Waals surface area contributed by atoms with E-state index in [0.717, 1.165) is 5.56 Å². The van der Waals surface area contributed by atoms with Crippen molar-refractivity contribution in [2.75, 3.05) is 19.6 Å². The number of carboxylic acid groups (broad SMARTS) is 1. The van der Waals surface area contributed by atoms with Gasteiger partial charge in [0, 0.05) is 0 Å². The van der Waals surface area contributed by atoms with Crippen molar-refractivity contribution in [3.05, 3.63) is 29.8 Å². The number of carboxylic acids is 1. The number of hydrogen-bond acceptors (Lipinski definition) is 6. The van der Waals surface area contributed by atoms with E-state index in [-0.39, 0.29) is 18.7 Å². The summed E-state index contributed by atoms with van der Waals surface area (Å²) in [5, 5.41) is 24.2. The zero-order valence-corrected chi connectivity index (χ0v) is 13.3. The highest BCUT2D eigenvalue weighted by atomic mass is 16.4. The van der Waals surface area contributed by atoms with Crippen LogP contribution in [0, 0.1) is 0 Å². The number of rotatable bonds is 9.